The van der Waals surface area contributed by atoms with Gasteiger partial charge in [-0.05, 0) is 52.6 Å². The molecule has 0 spiro atoms. The van der Waals surface area contributed by atoms with E-state index >= 15 is 0 Å². The van der Waals surface area contributed by atoms with Crippen LogP contribution in [0, 0.1) is 0 Å². The van der Waals surface area contributed by atoms with Gasteiger partial charge in [0.25, 0.3) is 11.8 Å². The average Bonchev–Trinajstić information content (AvgIpc) is 3.78. The van der Waals surface area contributed by atoms with Gasteiger partial charge in [-0.3, -0.25) is 14.6 Å². The Balaban J connectivity index is 0.909. The number of carbonyl (C=O) groups excluding carboxylic acids is 2. The molecule has 0 fully saturated rings. The van der Waals surface area contributed by atoms with Crippen LogP contribution >= 0.6 is 0 Å². The molecule has 4 aromatic rings. The summed E-state index contributed by atoms with van der Waals surface area (Å²) in [6.45, 7) is 0.630. The average molecular weight is 727 g/mol. The SMILES string of the molecule is COc1ccc(C2=CN3C(=O)c4cc(OC)c(OCCCOc5cc6c(cc5OC)C(=O)N5C=C(c7ccc(N)cc7)CC5C=[NH+]6)cc4N=C[C@@H]3C2)cc1. The van der Waals surface area contributed by atoms with Gasteiger partial charge in [-0.2, -0.15) is 0 Å². The molecule has 3 N–H and O–H groups in total. The van der Waals surface area contributed by atoms with Crippen molar-refractivity contribution in [1.29, 1.82) is 0 Å². The number of aliphatic imine (C=N–C) groups is 1. The largest absolute Gasteiger partial charge is 0.497 e. The highest BCUT2D eigenvalue weighted by Gasteiger charge is 2.37. The molecule has 0 aromatic heterocycles. The fourth-order valence-electron chi connectivity index (χ4n) is 7.13. The minimum atomic E-state index is -0.201. The quantitative estimate of drug-likeness (QED) is 0.160. The van der Waals surface area contributed by atoms with Crippen LogP contribution in [0.5, 0.6) is 28.7 Å². The summed E-state index contributed by atoms with van der Waals surface area (Å²) in [6.07, 6.45) is 9.41. The Morgan fingerprint density at radius 2 is 1.28 bits per heavy atom. The van der Waals surface area contributed by atoms with Gasteiger partial charge in [0, 0.05) is 55.7 Å². The van der Waals surface area contributed by atoms with Gasteiger partial charge in [0.1, 0.15) is 17.4 Å². The first-order valence-corrected chi connectivity index (χ1v) is 17.7. The zero-order valence-electron chi connectivity index (χ0n) is 30.2. The van der Waals surface area contributed by atoms with Crippen LogP contribution in [0.2, 0.25) is 0 Å². The van der Waals surface area contributed by atoms with Crippen LogP contribution in [0.25, 0.3) is 11.1 Å². The van der Waals surface area contributed by atoms with Gasteiger partial charge in [-0.25, -0.2) is 4.99 Å². The third-order valence-electron chi connectivity index (χ3n) is 10.0. The molecule has 12 nitrogen and oxygen atoms in total. The molecular formula is C42H40N5O7+. The van der Waals surface area contributed by atoms with Crippen molar-refractivity contribution in [3.05, 3.63) is 107 Å². The highest BCUT2D eigenvalue weighted by molar-refractivity contribution is 6.06. The molecule has 4 aromatic carbocycles. The number of nitrogens with one attached hydrogen (secondary N) is 1. The lowest BCUT2D eigenvalue weighted by Gasteiger charge is -2.19. The molecule has 4 aliphatic rings. The monoisotopic (exact) mass is 726 g/mol. The van der Waals surface area contributed by atoms with Crippen LogP contribution in [0.15, 0.2) is 90.2 Å². The van der Waals surface area contributed by atoms with Crippen molar-refractivity contribution in [1.82, 2.24) is 9.80 Å². The number of fused-ring (bicyclic) bond motifs is 4. The number of nitrogen functional groups attached to an aromatic ring is 1. The number of anilines is 1. The van der Waals surface area contributed by atoms with Crippen molar-refractivity contribution < 1.29 is 38.3 Å². The fraction of sp³-hybridized carbons (Fsp3) is 0.238. The van der Waals surface area contributed by atoms with Crippen molar-refractivity contribution >= 4 is 52.5 Å². The summed E-state index contributed by atoms with van der Waals surface area (Å²) in [7, 11) is 4.73. The van der Waals surface area contributed by atoms with Crippen LogP contribution in [0.3, 0.4) is 0 Å². The smallest absolute Gasteiger partial charge is 0.265 e. The predicted molar refractivity (Wildman–Crippen MR) is 205 cm³/mol. The maximum absolute atomic E-state index is 13.7. The molecule has 0 bridgehead atoms. The van der Waals surface area contributed by atoms with Crippen molar-refractivity contribution in [2.45, 2.75) is 31.3 Å². The van der Waals surface area contributed by atoms with E-state index in [1.54, 1.807) is 55.4 Å². The van der Waals surface area contributed by atoms with E-state index in [9.17, 15) is 9.59 Å². The highest BCUT2D eigenvalue weighted by Crippen LogP contribution is 2.41. The number of benzene rings is 4. The number of nitrogens with zero attached hydrogens (tertiary/aromatic N) is 3. The molecule has 1 unspecified atom stereocenters. The summed E-state index contributed by atoms with van der Waals surface area (Å²) in [4.78, 5) is 39.0. The molecule has 54 heavy (non-hydrogen) atoms. The van der Waals surface area contributed by atoms with Gasteiger partial charge in [0.2, 0.25) is 5.69 Å². The molecule has 4 heterocycles. The number of nitrogens with two attached hydrogens (primary N) is 1. The Kier molecular flexibility index (Phi) is 9.24. The maximum Gasteiger partial charge on any atom is 0.265 e. The standard InChI is InChI=1S/C42H39N5O7/c1-50-32-11-7-26(8-12-32)28-16-31-22-45-36-20-40(38(52-3)18-34(36)42(49)47(31)24-28)54-14-4-13-53-39-19-35-33(17-37(39)51-2)41(48)46-23-27(15-30(46)21-44-35)25-5-9-29(43)10-6-25/h5-12,17-24,30-31H,4,13-16,43H2,1-3H3/p+1/t30?,31-/m0/s1. The van der Waals surface area contributed by atoms with Crippen LogP contribution in [0.1, 0.15) is 51.1 Å². The third kappa shape index (κ3) is 6.51. The summed E-state index contributed by atoms with van der Waals surface area (Å²) in [5.41, 5.74) is 12.8. The molecule has 0 radical (unpaired) electrons. The van der Waals surface area contributed by atoms with Gasteiger partial charge in [0.05, 0.1) is 57.9 Å². The van der Waals surface area contributed by atoms with Crippen molar-refractivity contribution in [3.8, 4) is 28.7 Å². The molecule has 0 saturated carbocycles. The topological polar surface area (TPSA) is 139 Å². The van der Waals surface area contributed by atoms with E-state index in [1.165, 1.54) is 0 Å². The molecule has 2 amide bonds. The molecular weight excluding hydrogens is 686 g/mol. The summed E-state index contributed by atoms with van der Waals surface area (Å²) in [5.74, 6) is 2.36. The second-order valence-corrected chi connectivity index (χ2v) is 13.3. The van der Waals surface area contributed by atoms with E-state index in [1.807, 2.05) is 73.4 Å². The second kappa shape index (κ2) is 14.5. The maximum atomic E-state index is 13.7. The van der Waals surface area contributed by atoms with Gasteiger partial charge < -0.3 is 39.2 Å². The number of hydrogen-bond donors (Lipinski definition) is 2. The number of hydrogen-bond acceptors (Lipinski definition) is 9. The Labute approximate surface area is 312 Å². The molecule has 0 aliphatic carbocycles. The van der Waals surface area contributed by atoms with Crippen LogP contribution in [0.4, 0.5) is 17.1 Å². The number of rotatable bonds is 11. The van der Waals surface area contributed by atoms with Gasteiger partial charge in [0.15, 0.2) is 29.2 Å². The van der Waals surface area contributed by atoms with Crippen molar-refractivity contribution in [2.75, 3.05) is 40.3 Å². The number of methoxy groups -OCH3 is 3. The highest BCUT2D eigenvalue weighted by atomic mass is 16.5. The summed E-state index contributed by atoms with van der Waals surface area (Å²) in [5, 5.41) is 0. The Morgan fingerprint density at radius 1 is 0.704 bits per heavy atom. The van der Waals surface area contributed by atoms with Gasteiger partial charge >= 0.3 is 0 Å². The minimum Gasteiger partial charge on any atom is -0.497 e. The first kappa shape index (κ1) is 34.5. The third-order valence-corrected chi connectivity index (χ3v) is 10.0. The number of ether oxygens (including phenoxy) is 5. The van der Waals surface area contributed by atoms with Gasteiger partial charge in [-0.15, -0.1) is 0 Å². The second-order valence-electron chi connectivity index (χ2n) is 13.3. The summed E-state index contributed by atoms with van der Waals surface area (Å²) < 4.78 is 28.8. The molecule has 274 valence electrons. The van der Waals surface area contributed by atoms with Crippen LogP contribution in [-0.4, -0.2) is 80.7 Å². The number of amides is 2. The fourth-order valence-corrected chi connectivity index (χ4v) is 7.13. The van der Waals surface area contributed by atoms with Crippen LogP contribution in [-0.2, 0) is 0 Å². The lowest BCUT2D eigenvalue weighted by molar-refractivity contribution is -0.349. The Hall–Kier alpha value is -6.56. The zero-order chi connectivity index (χ0) is 37.3. The lowest BCUT2D eigenvalue weighted by atomic mass is 10.0. The first-order chi connectivity index (χ1) is 26.3. The van der Waals surface area contributed by atoms with E-state index in [2.05, 4.69) is 4.99 Å². The van der Waals surface area contributed by atoms with Gasteiger partial charge in [-0.1, -0.05) is 24.3 Å². The zero-order valence-corrected chi connectivity index (χ0v) is 30.2. The van der Waals surface area contributed by atoms with Crippen molar-refractivity contribution in [3.63, 3.8) is 0 Å². The van der Waals surface area contributed by atoms with Crippen molar-refractivity contribution in [2.24, 2.45) is 4.99 Å². The van der Waals surface area contributed by atoms with E-state index in [4.69, 9.17) is 34.4 Å². The molecule has 12 heteroatoms. The molecule has 2 atom stereocenters. The molecule has 0 saturated heterocycles. The summed E-state index contributed by atoms with van der Waals surface area (Å²) in [6, 6.07) is 22.1. The lowest BCUT2D eigenvalue weighted by Crippen LogP contribution is -2.63. The first-order valence-electron chi connectivity index (χ1n) is 17.7. The van der Waals surface area contributed by atoms with E-state index in [0.29, 0.717) is 83.7 Å². The van der Waals surface area contributed by atoms with Crippen LogP contribution < -0.4 is 34.4 Å². The van der Waals surface area contributed by atoms with E-state index < -0.39 is 0 Å². The van der Waals surface area contributed by atoms with E-state index in [0.717, 1.165) is 28.0 Å². The van der Waals surface area contributed by atoms with E-state index in [-0.39, 0.29) is 23.9 Å². The summed E-state index contributed by atoms with van der Waals surface area (Å²) >= 11 is 0. The Morgan fingerprint density at radius 3 is 1.93 bits per heavy atom. The molecule has 4 aliphatic heterocycles. The number of carbonyl (C=O) groups is 2. The molecule has 8 rings (SSSR count). The minimum absolute atomic E-state index is 0.129. The predicted octanol–water partition coefficient (Wildman–Crippen LogP) is 5.17. The normalized spacial score (nSPS) is 18.1. The Bertz CT molecular complexity index is 2240.